The molecular formula is C16H22N2O5S. The molecule has 0 radical (unpaired) electrons. The van der Waals surface area contributed by atoms with Crippen LogP contribution < -0.4 is 10.1 Å². The van der Waals surface area contributed by atoms with Gasteiger partial charge in [0.05, 0.1) is 30.4 Å². The smallest absolute Gasteiger partial charge is 0.243 e. The molecule has 1 saturated carbocycles. The number of hydrogen-bond donors (Lipinski definition) is 1. The summed E-state index contributed by atoms with van der Waals surface area (Å²) < 4.78 is 37.6. The average Bonchev–Trinajstić information content (AvgIpc) is 3.42. The van der Waals surface area contributed by atoms with Crippen LogP contribution in [0.25, 0.3) is 0 Å². The summed E-state index contributed by atoms with van der Waals surface area (Å²) in [5, 5.41) is 2.80. The Balaban J connectivity index is 1.88. The minimum absolute atomic E-state index is 0.0268. The van der Waals surface area contributed by atoms with E-state index in [-0.39, 0.29) is 16.7 Å². The number of anilines is 1. The molecule has 0 atom stereocenters. The van der Waals surface area contributed by atoms with Crippen molar-refractivity contribution >= 4 is 21.6 Å². The number of rotatable bonds is 6. The summed E-state index contributed by atoms with van der Waals surface area (Å²) >= 11 is 0. The maximum Gasteiger partial charge on any atom is 0.243 e. The third-order valence-electron chi connectivity index (χ3n) is 4.06. The third-order valence-corrected chi connectivity index (χ3v) is 5.96. The first kappa shape index (κ1) is 17.2. The van der Waals surface area contributed by atoms with Crippen LogP contribution in [0.5, 0.6) is 5.75 Å². The van der Waals surface area contributed by atoms with Crippen LogP contribution in [0, 0.1) is 5.92 Å². The van der Waals surface area contributed by atoms with Crippen molar-refractivity contribution in [2.45, 2.75) is 24.7 Å². The van der Waals surface area contributed by atoms with Gasteiger partial charge in [0.2, 0.25) is 15.9 Å². The van der Waals surface area contributed by atoms with Crippen LogP contribution >= 0.6 is 0 Å². The van der Waals surface area contributed by atoms with E-state index in [1.165, 1.54) is 16.4 Å². The van der Waals surface area contributed by atoms with Gasteiger partial charge in [0, 0.05) is 19.0 Å². The van der Waals surface area contributed by atoms with Crippen molar-refractivity contribution in [2.24, 2.45) is 5.92 Å². The van der Waals surface area contributed by atoms with Crippen molar-refractivity contribution in [1.29, 1.82) is 0 Å². The molecule has 3 rings (SSSR count). The lowest BCUT2D eigenvalue weighted by atomic mass is 10.2. The number of ether oxygens (including phenoxy) is 2. The highest BCUT2D eigenvalue weighted by Crippen LogP contribution is 2.34. The third kappa shape index (κ3) is 3.71. The van der Waals surface area contributed by atoms with E-state index in [9.17, 15) is 13.2 Å². The molecule has 2 aliphatic rings. The summed E-state index contributed by atoms with van der Waals surface area (Å²) in [5.74, 6) is 0.420. The number of carbonyl (C=O) groups excluding carboxylic acids is 1. The van der Waals surface area contributed by atoms with Crippen LogP contribution in [0.3, 0.4) is 0 Å². The van der Waals surface area contributed by atoms with Gasteiger partial charge in [-0.05, 0) is 38.0 Å². The highest BCUT2D eigenvalue weighted by Gasteiger charge is 2.31. The zero-order chi connectivity index (χ0) is 17.2. The van der Waals surface area contributed by atoms with E-state index >= 15 is 0 Å². The lowest BCUT2D eigenvalue weighted by Gasteiger charge is -2.26. The van der Waals surface area contributed by atoms with E-state index in [1.54, 1.807) is 6.07 Å². The van der Waals surface area contributed by atoms with Crippen molar-refractivity contribution in [2.75, 3.05) is 38.2 Å². The molecule has 1 amide bonds. The molecule has 1 saturated heterocycles. The summed E-state index contributed by atoms with van der Waals surface area (Å²) in [6.07, 6.45) is 1.75. The Kier molecular flexibility index (Phi) is 5.07. The minimum atomic E-state index is -3.61. The molecule has 1 aromatic rings. The minimum Gasteiger partial charge on any atom is -0.492 e. The number of amides is 1. The predicted octanol–water partition coefficient (Wildman–Crippen LogP) is 1.45. The van der Waals surface area contributed by atoms with Crippen molar-refractivity contribution in [3.8, 4) is 5.75 Å². The molecule has 1 aliphatic carbocycles. The quantitative estimate of drug-likeness (QED) is 0.836. The molecule has 1 aromatic carbocycles. The molecule has 0 aromatic heterocycles. The van der Waals surface area contributed by atoms with Gasteiger partial charge in [-0.1, -0.05) is 0 Å². The van der Waals surface area contributed by atoms with Crippen molar-refractivity contribution in [1.82, 2.24) is 4.31 Å². The van der Waals surface area contributed by atoms with Crippen molar-refractivity contribution in [3.05, 3.63) is 18.2 Å². The largest absolute Gasteiger partial charge is 0.492 e. The Hall–Kier alpha value is -1.64. The van der Waals surface area contributed by atoms with Gasteiger partial charge in [0.25, 0.3) is 0 Å². The Morgan fingerprint density at radius 3 is 2.67 bits per heavy atom. The fourth-order valence-electron chi connectivity index (χ4n) is 2.56. The molecule has 8 heteroatoms. The lowest BCUT2D eigenvalue weighted by Crippen LogP contribution is -2.40. The van der Waals surface area contributed by atoms with Crippen LogP contribution in [-0.2, 0) is 19.6 Å². The monoisotopic (exact) mass is 354 g/mol. The van der Waals surface area contributed by atoms with E-state index in [1.807, 2.05) is 6.92 Å². The molecule has 0 unspecified atom stereocenters. The second-order valence-electron chi connectivity index (χ2n) is 5.87. The van der Waals surface area contributed by atoms with Gasteiger partial charge in [0.1, 0.15) is 5.75 Å². The van der Waals surface area contributed by atoms with Gasteiger partial charge in [-0.25, -0.2) is 8.42 Å². The van der Waals surface area contributed by atoms with Gasteiger partial charge < -0.3 is 14.8 Å². The molecule has 1 heterocycles. The molecule has 132 valence electrons. The first-order chi connectivity index (χ1) is 11.5. The Bertz CT molecular complexity index is 709. The maximum absolute atomic E-state index is 12.8. The van der Waals surface area contributed by atoms with Crippen LogP contribution in [0.15, 0.2) is 23.1 Å². The lowest BCUT2D eigenvalue weighted by molar-refractivity contribution is -0.117. The van der Waals surface area contributed by atoms with E-state index in [0.29, 0.717) is 44.3 Å². The van der Waals surface area contributed by atoms with Crippen LogP contribution in [-0.4, -0.2) is 51.5 Å². The van der Waals surface area contributed by atoms with E-state index in [0.717, 1.165) is 12.8 Å². The fraction of sp³-hybridized carbons (Fsp3) is 0.562. The molecule has 24 heavy (non-hydrogen) atoms. The molecule has 1 aliphatic heterocycles. The number of nitrogens with one attached hydrogen (secondary N) is 1. The molecular weight excluding hydrogens is 332 g/mol. The van der Waals surface area contributed by atoms with E-state index < -0.39 is 10.0 Å². The van der Waals surface area contributed by atoms with Gasteiger partial charge in [-0.3, -0.25) is 4.79 Å². The summed E-state index contributed by atoms with van der Waals surface area (Å²) in [4.78, 5) is 12.2. The van der Waals surface area contributed by atoms with Crippen LogP contribution in [0.2, 0.25) is 0 Å². The average molecular weight is 354 g/mol. The summed E-state index contributed by atoms with van der Waals surface area (Å²) in [6.45, 7) is 3.72. The van der Waals surface area contributed by atoms with Gasteiger partial charge >= 0.3 is 0 Å². The summed E-state index contributed by atoms with van der Waals surface area (Å²) in [5.41, 5.74) is 0.406. The molecule has 0 spiro atoms. The number of hydrogen-bond acceptors (Lipinski definition) is 5. The van der Waals surface area contributed by atoms with Gasteiger partial charge in [-0.15, -0.1) is 0 Å². The normalized spacial score (nSPS) is 19.0. The number of morpholine rings is 1. The van der Waals surface area contributed by atoms with Gasteiger partial charge in [-0.2, -0.15) is 4.31 Å². The zero-order valence-corrected chi connectivity index (χ0v) is 14.5. The number of carbonyl (C=O) groups is 1. The molecule has 2 fully saturated rings. The number of sulfonamides is 1. The van der Waals surface area contributed by atoms with Gasteiger partial charge in [0.15, 0.2) is 0 Å². The first-order valence-corrected chi connectivity index (χ1v) is 9.62. The second-order valence-corrected chi connectivity index (χ2v) is 7.81. The Morgan fingerprint density at radius 1 is 1.33 bits per heavy atom. The first-order valence-electron chi connectivity index (χ1n) is 8.18. The standard InChI is InChI=1S/C16H22N2O5S/c1-2-23-15-6-5-13(11-14(15)17-16(19)12-3-4-12)24(20,21)18-7-9-22-10-8-18/h5-6,11-12H,2-4,7-10H2,1H3,(H,17,19). The van der Waals surface area contributed by atoms with Crippen LogP contribution in [0.1, 0.15) is 19.8 Å². The van der Waals surface area contributed by atoms with Crippen LogP contribution in [0.4, 0.5) is 5.69 Å². The Morgan fingerprint density at radius 2 is 2.04 bits per heavy atom. The molecule has 7 nitrogen and oxygen atoms in total. The van der Waals surface area contributed by atoms with Crippen molar-refractivity contribution in [3.63, 3.8) is 0 Å². The topological polar surface area (TPSA) is 84.9 Å². The number of benzene rings is 1. The number of nitrogens with zero attached hydrogens (tertiary/aromatic N) is 1. The van der Waals surface area contributed by atoms with E-state index in [2.05, 4.69) is 5.32 Å². The molecule has 1 N–H and O–H groups in total. The summed E-state index contributed by atoms with van der Waals surface area (Å²) in [6, 6.07) is 4.60. The summed E-state index contributed by atoms with van der Waals surface area (Å²) in [7, 11) is -3.61. The second kappa shape index (κ2) is 7.08. The van der Waals surface area contributed by atoms with E-state index in [4.69, 9.17) is 9.47 Å². The SMILES string of the molecule is CCOc1ccc(S(=O)(=O)N2CCOCC2)cc1NC(=O)C1CC1. The Labute approximate surface area is 142 Å². The maximum atomic E-state index is 12.8. The zero-order valence-electron chi connectivity index (χ0n) is 13.7. The predicted molar refractivity (Wildman–Crippen MR) is 88.5 cm³/mol. The highest BCUT2D eigenvalue weighted by molar-refractivity contribution is 7.89. The fourth-order valence-corrected chi connectivity index (χ4v) is 4.00. The van der Waals surface area contributed by atoms with Crippen molar-refractivity contribution < 1.29 is 22.7 Å². The molecule has 0 bridgehead atoms. The highest BCUT2D eigenvalue weighted by atomic mass is 32.2.